The zero-order valence-corrected chi connectivity index (χ0v) is 13.3. The van der Waals surface area contributed by atoms with Gasteiger partial charge in [-0.1, -0.05) is 24.3 Å². The van der Waals surface area contributed by atoms with Crippen molar-refractivity contribution >= 4 is 43.9 Å². The highest BCUT2D eigenvalue weighted by molar-refractivity contribution is 14.1. The van der Waals surface area contributed by atoms with E-state index >= 15 is 0 Å². The van der Waals surface area contributed by atoms with Crippen molar-refractivity contribution in [1.29, 1.82) is 0 Å². The van der Waals surface area contributed by atoms with Crippen LogP contribution in [0.1, 0.15) is 11.1 Å². The SMILES string of the molecule is NC(=O)Nc1ccc(Cc2ccc(NC(=O)I)cc2)cc1. The van der Waals surface area contributed by atoms with Gasteiger partial charge in [-0.05, 0) is 41.8 Å². The summed E-state index contributed by atoms with van der Waals surface area (Å²) < 4.78 is -0.113. The highest BCUT2D eigenvalue weighted by atomic mass is 127. The highest BCUT2D eigenvalue weighted by Gasteiger charge is 2.00. The minimum absolute atomic E-state index is 0.113. The number of urea groups is 1. The van der Waals surface area contributed by atoms with Crippen LogP contribution in [-0.2, 0) is 6.42 Å². The molecule has 2 aromatic rings. The van der Waals surface area contributed by atoms with Crippen LogP contribution in [0.2, 0.25) is 0 Å². The van der Waals surface area contributed by atoms with Gasteiger partial charge in [0.25, 0.3) is 3.91 Å². The van der Waals surface area contributed by atoms with Gasteiger partial charge in [0.15, 0.2) is 0 Å². The molecule has 108 valence electrons. The molecule has 0 heterocycles. The van der Waals surface area contributed by atoms with Gasteiger partial charge in [0, 0.05) is 34.0 Å². The molecule has 0 atom stereocenters. The highest BCUT2D eigenvalue weighted by Crippen LogP contribution is 2.16. The molecule has 6 heteroatoms. The second-order valence-electron chi connectivity index (χ2n) is 4.46. The second-order valence-corrected chi connectivity index (χ2v) is 5.44. The predicted octanol–water partition coefficient (Wildman–Crippen LogP) is 3.73. The van der Waals surface area contributed by atoms with E-state index in [9.17, 15) is 9.59 Å². The zero-order chi connectivity index (χ0) is 15.2. The average Bonchev–Trinajstić information content (AvgIpc) is 2.42. The van der Waals surface area contributed by atoms with E-state index < -0.39 is 6.03 Å². The molecule has 0 aliphatic rings. The molecule has 0 bridgehead atoms. The van der Waals surface area contributed by atoms with Gasteiger partial charge in [-0.25, -0.2) is 4.79 Å². The van der Waals surface area contributed by atoms with Crippen molar-refractivity contribution in [2.45, 2.75) is 6.42 Å². The van der Waals surface area contributed by atoms with Gasteiger partial charge in [-0.2, -0.15) is 0 Å². The molecule has 0 aliphatic carbocycles. The Morgan fingerprint density at radius 2 is 1.29 bits per heavy atom. The quantitative estimate of drug-likeness (QED) is 0.419. The van der Waals surface area contributed by atoms with Gasteiger partial charge in [-0.15, -0.1) is 0 Å². The standard InChI is InChI=1S/C15H14IN3O2/c16-14(20)18-12-5-1-10(2-6-12)9-11-3-7-13(8-4-11)19-15(17)21/h1-8H,9H2,(H,18,20)(H3,17,19,21). The van der Waals surface area contributed by atoms with Crippen LogP contribution in [0.4, 0.5) is 21.0 Å². The van der Waals surface area contributed by atoms with E-state index in [1.54, 1.807) is 22.6 Å². The van der Waals surface area contributed by atoms with E-state index in [1.807, 2.05) is 48.5 Å². The average molecular weight is 395 g/mol. The van der Waals surface area contributed by atoms with E-state index in [-0.39, 0.29) is 3.91 Å². The van der Waals surface area contributed by atoms with Gasteiger partial charge in [0.05, 0.1) is 0 Å². The number of hydrogen-bond donors (Lipinski definition) is 3. The van der Waals surface area contributed by atoms with Crippen LogP contribution in [0, 0.1) is 0 Å². The molecule has 4 N–H and O–H groups in total. The number of nitrogens with two attached hydrogens (primary N) is 1. The van der Waals surface area contributed by atoms with Gasteiger partial charge >= 0.3 is 6.03 Å². The summed E-state index contributed by atoms with van der Waals surface area (Å²) in [5.41, 5.74) is 8.76. The molecule has 0 radical (unpaired) electrons. The van der Waals surface area contributed by atoms with Crippen LogP contribution in [0.3, 0.4) is 0 Å². The lowest BCUT2D eigenvalue weighted by molar-refractivity contribution is 0.259. The van der Waals surface area contributed by atoms with Crippen LogP contribution in [-0.4, -0.2) is 9.95 Å². The molecule has 0 fully saturated rings. The minimum atomic E-state index is -0.573. The molecular weight excluding hydrogens is 381 g/mol. The van der Waals surface area contributed by atoms with E-state index in [0.29, 0.717) is 5.69 Å². The first-order valence-electron chi connectivity index (χ1n) is 6.24. The molecule has 0 spiro atoms. The summed E-state index contributed by atoms with van der Waals surface area (Å²) in [4.78, 5) is 21.7. The number of hydrogen-bond acceptors (Lipinski definition) is 2. The molecule has 5 nitrogen and oxygen atoms in total. The van der Waals surface area contributed by atoms with Crippen molar-refractivity contribution < 1.29 is 9.59 Å². The number of carbonyl (C=O) groups excluding carboxylic acids is 2. The van der Waals surface area contributed by atoms with E-state index in [0.717, 1.165) is 23.2 Å². The topological polar surface area (TPSA) is 84.2 Å². The second kappa shape index (κ2) is 7.07. The zero-order valence-electron chi connectivity index (χ0n) is 11.1. The number of amides is 3. The summed E-state index contributed by atoms with van der Waals surface area (Å²) in [5, 5.41) is 5.24. The minimum Gasteiger partial charge on any atom is -0.351 e. The lowest BCUT2D eigenvalue weighted by atomic mass is 10.0. The Morgan fingerprint density at radius 1 is 0.857 bits per heavy atom. The van der Waals surface area contributed by atoms with Crippen LogP contribution < -0.4 is 16.4 Å². The summed E-state index contributed by atoms with van der Waals surface area (Å²) in [5.74, 6) is 0. The predicted molar refractivity (Wildman–Crippen MR) is 91.9 cm³/mol. The van der Waals surface area contributed by atoms with Crippen LogP contribution in [0.15, 0.2) is 48.5 Å². The molecule has 0 saturated carbocycles. The summed E-state index contributed by atoms with van der Waals surface area (Å²) in [7, 11) is 0. The molecule has 0 saturated heterocycles. The van der Waals surface area contributed by atoms with Gasteiger partial charge in [0.1, 0.15) is 0 Å². The number of primary amides is 1. The Labute approximate surface area is 136 Å². The lowest BCUT2D eigenvalue weighted by Crippen LogP contribution is -2.19. The van der Waals surface area contributed by atoms with Gasteiger partial charge < -0.3 is 16.4 Å². The number of carbonyl (C=O) groups is 2. The molecule has 0 unspecified atom stereocenters. The molecule has 21 heavy (non-hydrogen) atoms. The fraction of sp³-hybridized carbons (Fsp3) is 0.0667. The fourth-order valence-electron chi connectivity index (χ4n) is 1.90. The molecule has 2 rings (SSSR count). The smallest absolute Gasteiger partial charge is 0.316 e. The lowest BCUT2D eigenvalue weighted by Gasteiger charge is -2.06. The molecular formula is C15H14IN3O2. The summed E-state index contributed by atoms with van der Waals surface area (Å²) in [6, 6.07) is 14.6. The number of nitrogens with one attached hydrogen (secondary N) is 2. The Bertz CT molecular complexity index is 581. The number of rotatable bonds is 4. The maximum Gasteiger partial charge on any atom is 0.316 e. The summed E-state index contributed by atoms with van der Waals surface area (Å²) in [6.45, 7) is 0. The Morgan fingerprint density at radius 3 is 1.67 bits per heavy atom. The van der Waals surface area contributed by atoms with Crippen LogP contribution in [0.25, 0.3) is 0 Å². The van der Waals surface area contributed by atoms with Gasteiger partial charge in [-0.3, -0.25) is 4.79 Å². The largest absolute Gasteiger partial charge is 0.351 e. The molecule has 3 amide bonds. The Hall–Kier alpha value is -2.09. The number of halogens is 1. The van der Waals surface area contributed by atoms with Crippen LogP contribution in [0.5, 0.6) is 0 Å². The van der Waals surface area contributed by atoms with Crippen molar-refractivity contribution in [2.24, 2.45) is 5.73 Å². The van der Waals surface area contributed by atoms with E-state index in [1.165, 1.54) is 0 Å². The Kier molecular flexibility index (Phi) is 5.15. The summed E-state index contributed by atoms with van der Waals surface area (Å²) >= 11 is 1.70. The van der Waals surface area contributed by atoms with E-state index in [2.05, 4.69) is 10.6 Å². The maximum absolute atomic E-state index is 10.9. The fourth-order valence-corrected chi connectivity index (χ4v) is 2.21. The third-order valence-corrected chi connectivity index (χ3v) is 3.10. The van der Waals surface area contributed by atoms with Gasteiger partial charge in [0.2, 0.25) is 0 Å². The van der Waals surface area contributed by atoms with Crippen LogP contribution >= 0.6 is 22.6 Å². The maximum atomic E-state index is 10.9. The Balaban J connectivity index is 2.01. The molecule has 0 aromatic heterocycles. The number of benzene rings is 2. The van der Waals surface area contributed by atoms with Crippen molar-refractivity contribution in [3.8, 4) is 0 Å². The monoisotopic (exact) mass is 395 g/mol. The van der Waals surface area contributed by atoms with Crippen molar-refractivity contribution in [1.82, 2.24) is 0 Å². The van der Waals surface area contributed by atoms with Crippen molar-refractivity contribution in [3.63, 3.8) is 0 Å². The first-order chi connectivity index (χ1) is 10.0. The van der Waals surface area contributed by atoms with Crippen molar-refractivity contribution in [3.05, 3.63) is 59.7 Å². The third kappa shape index (κ3) is 5.07. The molecule has 0 aliphatic heterocycles. The normalized spacial score (nSPS) is 9.95. The number of anilines is 2. The third-order valence-electron chi connectivity index (χ3n) is 2.83. The first kappa shape index (κ1) is 15.3. The van der Waals surface area contributed by atoms with Crippen molar-refractivity contribution in [2.75, 3.05) is 10.6 Å². The first-order valence-corrected chi connectivity index (χ1v) is 7.31. The van der Waals surface area contributed by atoms with E-state index in [4.69, 9.17) is 5.73 Å². The summed E-state index contributed by atoms with van der Waals surface area (Å²) in [6.07, 6.45) is 0.773. The molecule has 2 aromatic carbocycles.